The second kappa shape index (κ2) is 6.42. The molecule has 0 aliphatic heterocycles. The van der Waals surface area contributed by atoms with Gasteiger partial charge >= 0.3 is 0 Å². The van der Waals surface area contributed by atoms with E-state index in [0.717, 1.165) is 12.1 Å². The van der Waals surface area contributed by atoms with Crippen LogP contribution in [0, 0.1) is 12.3 Å². The zero-order chi connectivity index (χ0) is 12.0. The van der Waals surface area contributed by atoms with Crippen LogP contribution in [0.15, 0.2) is 18.2 Å². The lowest BCUT2D eigenvalue weighted by molar-refractivity contribution is 0.370. The number of halogens is 1. The molecule has 0 aromatic heterocycles. The molecular weight excluding hydrogens is 222 g/mol. The van der Waals surface area contributed by atoms with E-state index >= 15 is 0 Å². The molecule has 0 spiro atoms. The van der Waals surface area contributed by atoms with Crippen molar-refractivity contribution < 1.29 is 4.74 Å². The highest BCUT2D eigenvalue weighted by Crippen LogP contribution is 2.27. The normalized spacial score (nSPS) is 11.9. The van der Waals surface area contributed by atoms with E-state index < -0.39 is 0 Å². The topological polar surface area (TPSA) is 21.3 Å². The van der Waals surface area contributed by atoms with Crippen LogP contribution in [0.25, 0.3) is 0 Å². The van der Waals surface area contributed by atoms with Gasteiger partial charge in [0.2, 0.25) is 0 Å². The van der Waals surface area contributed by atoms with Crippen LogP contribution < -0.4 is 10.1 Å². The molecule has 16 heavy (non-hydrogen) atoms. The molecule has 0 bridgehead atoms. The minimum atomic E-state index is 0.238. The summed E-state index contributed by atoms with van der Waals surface area (Å²) in [5.41, 5.74) is 1.14. The van der Waals surface area contributed by atoms with Gasteiger partial charge in [0, 0.05) is 6.04 Å². The van der Waals surface area contributed by atoms with Gasteiger partial charge in [-0.25, -0.2) is 0 Å². The first-order valence-corrected chi connectivity index (χ1v) is 5.66. The number of hydrogen-bond donors (Lipinski definition) is 1. The van der Waals surface area contributed by atoms with Crippen LogP contribution in [-0.2, 0) is 0 Å². The molecule has 0 saturated heterocycles. The largest absolute Gasteiger partial charge is 0.479 e. The number of hydrogen-bond acceptors (Lipinski definition) is 2. The first-order valence-electron chi connectivity index (χ1n) is 5.28. The van der Waals surface area contributed by atoms with Crippen molar-refractivity contribution in [3.05, 3.63) is 28.8 Å². The van der Waals surface area contributed by atoms with Crippen molar-refractivity contribution in [3.8, 4) is 18.1 Å². The third-order valence-electron chi connectivity index (χ3n) is 2.28. The summed E-state index contributed by atoms with van der Waals surface area (Å²) < 4.78 is 5.29. The van der Waals surface area contributed by atoms with E-state index in [-0.39, 0.29) is 12.6 Å². The van der Waals surface area contributed by atoms with E-state index in [9.17, 15) is 0 Å². The number of rotatable bonds is 5. The zero-order valence-corrected chi connectivity index (χ0v) is 10.3. The molecular formula is C13H16ClNO. The Morgan fingerprint density at radius 3 is 2.88 bits per heavy atom. The average molecular weight is 238 g/mol. The number of terminal acetylenes is 1. The smallest absolute Gasteiger partial charge is 0.148 e. The monoisotopic (exact) mass is 237 g/mol. The number of benzene rings is 1. The predicted molar refractivity (Wildman–Crippen MR) is 67.9 cm³/mol. The maximum atomic E-state index is 6.09. The van der Waals surface area contributed by atoms with E-state index in [2.05, 4.69) is 25.1 Å². The highest BCUT2D eigenvalue weighted by molar-refractivity contribution is 6.32. The molecule has 1 unspecified atom stereocenters. The second-order valence-electron chi connectivity index (χ2n) is 3.46. The Morgan fingerprint density at radius 2 is 2.31 bits per heavy atom. The van der Waals surface area contributed by atoms with E-state index in [0.29, 0.717) is 10.8 Å². The van der Waals surface area contributed by atoms with Crippen molar-refractivity contribution in [1.82, 2.24) is 5.32 Å². The van der Waals surface area contributed by atoms with Crippen molar-refractivity contribution in [3.63, 3.8) is 0 Å². The Labute approximate surface area is 102 Å². The highest BCUT2D eigenvalue weighted by atomic mass is 35.5. The molecule has 0 radical (unpaired) electrons. The van der Waals surface area contributed by atoms with E-state index in [4.69, 9.17) is 22.8 Å². The summed E-state index contributed by atoms with van der Waals surface area (Å²) in [5.74, 6) is 3.04. The zero-order valence-electron chi connectivity index (χ0n) is 9.59. The number of ether oxygens (including phenoxy) is 1. The van der Waals surface area contributed by atoms with Gasteiger partial charge in [0.1, 0.15) is 12.4 Å². The Balaban J connectivity index is 2.78. The van der Waals surface area contributed by atoms with E-state index in [1.807, 2.05) is 18.2 Å². The SMILES string of the molecule is C#CCOc1ccc(C(C)NCC)cc1Cl. The summed E-state index contributed by atoms with van der Waals surface area (Å²) in [6, 6.07) is 6.03. The Kier molecular flexibility index (Phi) is 5.18. The molecule has 2 nitrogen and oxygen atoms in total. The molecule has 0 saturated carbocycles. The van der Waals surface area contributed by atoms with Crippen LogP contribution in [0.1, 0.15) is 25.5 Å². The van der Waals surface area contributed by atoms with Crippen LogP contribution in [0.4, 0.5) is 0 Å². The van der Waals surface area contributed by atoms with Crippen LogP contribution in [0.2, 0.25) is 5.02 Å². The van der Waals surface area contributed by atoms with Gasteiger partial charge in [0.25, 0.3) is 0 Å². The van der Waals surface area contributed by atoms with Crippen molar-refractivity contribution >= 4 is 11.6 Å². The summed E-state index contributed by atoms with van der Waals surface area (Å²) in [7, 11) is 0. The fourth-order valence-corrected chi connectivity index (χ4v) is 1.69. The first-order chi connectivity index (χ1) is 7.69. The fraction of sp³-hybridized carbons (Fsp3) is 0.385. The first kappa shape index (κ1) is 12.9. The maximum absolute atomic E-state index is 6.09. The van der Waals surface area contributed by atoms with Gasteiger partial charge < -0.3 is 10.1 Å². The molecule has 1 aromatic rings. The molecule has 1 atom stereocenters. The van der Waals surface area contributed by atoms with E-state index in [1.165, 1.54) is 0 Å². The lowest BCUT2D eigenvalue weighted by Gasteiger charge is -2.14. The lowest BCUT2D eigenvalue weighted by atomic mass is 10.1. The molecule has 0 amide bonds. The van der Waals surface area contributed by atoms with Gasteiger partial charge in [0.15, 0.2) is 0 Å². The molecule has 1 rings (SSSR count). The summed E-state index contributed by atoms with van der Waals surface area (Å²) in [6.45, 7) is 5.33. The Bertz CT molecular complexity index is 384. The summed E-state index contributed by atoms with van der Waals surface area (Å²) in [5, 5.41) is 3.91. The Morgan fingerprint density at radius 1 is 1.56 bits per heavy atom. The van der Waals surface area contributed by atoms with Crippen LogP contribution >= 0.6 is 11.6 Å². The molecule has 0 aliphatic carbocycles. The molecule has 86 valence electrons. The van der Waals surface area contributed by atoms with Gasteiger partial charge in [-0.2, -0.15) is 0 Å². The fourth-order valence-electron chi connectivity index (χ4n) is 1.45. The molecule has 0 heterocycles. The number of nitrogens with one attached hydrogen (secondary N) is 1. The van der Waals surface area contributed by atoms with Crippen LogP contribution in [0.5, 0.6) is 5.75 Å². The summed E-state index contributed by atoms with van der Waals surface area (Å²) in [4.78, 5) is 0. The predicted octanol–water partition coefficient (Wildman–Crippen LogP) is 3.02. The Hall–Kier alpha value is -1.17. The second-order valence-corrected chi connectivity index (χ2v) is 3.87. The quantitative estimate of drug-likeness (QED) is 0.795. The average Bonchev–Trinajstić information content (AvgIpc) is 2.27. The molecule has 0 aliphatic rings. The molecule has 3 heteroatoms. The van der Waals surface area contributed by atoms with Gasteiger partial charge in [-0.05, 0) is 31.2 Å². The van der Waals surface area contributed by atoms with Crippen molar-refractivity contribution in [2.75, 3.05) is 13.2 Å². The third kappa shape index (κ3) is 3.44. The highest BCUT2D eigenvalue weighted by Gasteiger charge is 2.07. The standard InChI is InChI=1S/C13H16ClNO/c1-4-8-16-13-7-6-11(9-12(13)14)10(3)15-5-2/h1,6-7,9-10,15H,5,8H2,2-3H3. The van der Waals surface area contributed by atoms with Gasteiger partial charge in [-0.3, -0.25) is 0 Å². The van der Waals surface area contributed by atoms with Crippen LogP contribution in [0.3, 0.4) is 0 Å². The lowest BCUT2D eigenvalue weighted by Crippen LogP contribution is -2.17. The molecule has 1 aromatic carbocycles. The van der Waals surface area contributed by atoms with Gasteiger partial charge in [-0.15, -0.1) is 6.42 Å². The van der Waals surface area contributed by atoms with Crippen molar-refractivity contribution in [2.24, 2.45) is 0 Å². The maximum Gasteiger partial charge on any atom is 0.148 e. The van der Waals surface area contributed by atoms with Crippen LogP contribution in [-0.4, -0.2) is 13.2 Å². The molecule has 1 N–H and O–H groups in total. The summed E-state index contributed by atoms with van der Waals surface area (Å²) in [6.07, 6.45) is 5.12. The minimum Gasteiger partial charge on any atom is -0.479 e. The van der Waals surface area contributed by atoms with Gasteiger partial charge in [-0.1, -0.05) is 30.5 Å². The van der Waals surface area contributed by atoms with Gasteiger partial charge in [0.05, 0.1) is 5.02 Å². The minimum absolute atomic E-state index is 0.238. The van der Waals surface area contributed by atoms with E-state index in [1.54, 1.807) is 0 Å². The molecule has 0 fully saturated rings. The third-order valence-corrected chi connectivity index (χ3v) is 2.57. The summed E-state index contributed by atoms with van der Waals surface area (Å²) >= 11 is 6.09. The van der Waals surface area contributed by atoms with Crippen molar-refractivity contribution in [2.45, 2.75) is 19.9 Å². The van der Waals surface area contributed by atoms with Crippen molar-refractivity contribution in [1.29, 1.82) is 0 Å².